The first-order chi connectivity index (χ1) is 14.4. The zero-order valence-corrected chi connectivity index (χ0v) is 20.3. The first-order valence-corrected chi connectivity index (χ1v) is 12.4. The third-order valence-corrected chi connectivity index (χ3v) is 5.68. The van der Waals surface area contributed by atoms with Gasteiger partial charge in [-0.3, -0.25) is 0 Å². The third kappa shape index (κ3) is 10.6. The summed E-state index contributed by atoms with van der Waals surface area (Å²) in [5.41, 5.74) is 1.21. The van der Waals surface area contributed by atoms with Crippen LogP contribution in [0, 0.1) is 17.8 Å². The van der Waals surface area contributed by atoms with E-state index >= 15 is 0 Å². The van der Waals surface area contributed by atoms with Crippen LogP contribution in [0.3, 0.4) is 0 Å². The van der Waals surface area contributed by atoms with Crippen LogP contribution in [0.4, 0.5) is 0 Å². The maximum absolute atomic E-state index is 13.1. The molecule has 1 saturated carbocycles. The summed E-state index contributed by atoms with van der Waals surface area (Å²) in [5, 5.41) is 0. The summed E-state index contributed by atoms with van der Waals surface area (Å²) >= 11 is 0. The Bertz CT molecular complexity index is 527. The third-order valence-electron chi connectivity index (χ3n) is 5.68. The van der Waals surface area contributed by atoms with E-state index in [9.17, 15) is 9.59 Å². The number of hydrogen-bond donors (Lipinski definition) is 0. The molecule has 0 atom stereocenters. The summed E-state index contributed by atoms with van der Waals surface area (Å²) in [7, 11) is 0. The highest BCUT2D eigenvalue weighted by Crippen LogP contribution is 2.34. The topological polar surface area (TPSA) is 52.6 Å². The average Bonchev–Trinajstić information content (AvgIpc) is 2.72. The van der Waals surface area contributed by atoms with E-state index in [1.807, 2.05) is 27.7 Å². The van der Waals surface area contributed by atoms with Crippen molar-refractivity contribution in [1.29, 1.82) is 0 Å². The Kier molecular flexibility index (Phi) is 13.8. The predicted molar refractivity (Wildman–Crippen MR) is 123 cm³/mol. The molecule has 1 aliphatic carbocycles. The molecule has 30 heavy (non-hydrogen) atoms. The molecule has 174 valence electrons. The van der Waals surface area contributed by atoms with E-state index in [-0.39, 0.29) is 29.7 Å². The van der Waals surface area contributed by atoms with Crippen LogP contribution in [0.1, 0.15) is 112 Å². The van der Waals surface area contributed by atoms with E-state index < -0.39 is 0 Å². The average molecular weight is 423 g/mol. The van der Waals surface area contributed by atoms with Gasteiger partial charge in [-0.15, -0.1) is 0 Å². The number of esters is 2. The van der Waals surface area contributed by atoms with Gasteiger partial charge in [-0.05, 0) is 43.4 Å². The highest BCUT2D eigenvalue weighted by molar-refractivity contribution is 6.00. The van der Waals surface area contributed by atoms with E-state index in [4.69, 9.17) is 9.47 Å². The molecule has 1 aliphatic rings. The van der Waals surface area contributed by atoms with Crippen molar-refractivity contribution in [3.63, 3.8) is 0 Å². The van der Waals surface area contributed by atoms with Crippen molar-refractivity contribution in [2.75, 3.05) is 13.2 Å². The van der Waals surface area contributed by atoms with Crippen LogP contribution in [0.15, 0.2) is 11.1 Å². The summed E-state index contributed by atoms with van der Waals surface area (Å²) in [5.74, 6) is 0.0734. The molecule has 0 heterocycles. The Morgan fingerprint density at radius 1 is 0.767 bits per heavy atom. The molecule has 0 aromatic rings. The molecule has 4 heteroatoms. The van der Waals surface area contributed by atoms with Crippen molar-refractivity contribution in [1.82, 2.24) is 0 Å². The van der Waals surface area contributed by atoms with Crippen molar-refractivity contribution in [3.8, 4) is 0 Å². The lowest BCUT2D eigenvalue weighted by atomic mass is 9.80. The molecule has 1 fully saturated rings. The fraction of sp³-hybridized carbons (Fsp3) is 0.846. The predicted octanol–water partition coefficient (Wildman–Crippen LogP) is 7.01. The van der Waals surface area contributed by atoms with Gasteiger partial charge in [-0.1, -0.05) is 86.0 Å². The molecule has 1 rings (SSSR count). The number of carbonyl (C=O) groups excluding carboxylic acids is 2. The molecule has 0 aromatic carbocycles. The molecule has 0 saturated heterocycles. The van der Waals surface area contributed by atoms with Crippen LogP contribution in [0.2, 0.25) is 0 Å². The van der Waals surface area contributed by atoms with Crippen molar-refractivity contribution < 1.29 is 19.1 Å². The first-order valence-electron chi connectivity index (χ1n) is 12.4. The van der Waals surface area contributed by atoms with Gasteiger partial charge < -0.3 is 9.47 Å². The number of rotatable bonds is 14. The molecule has 0 aromatic heterocycles. The lowest BCUT2D eigenvalue weighted by Gasteiger charge is -2.26. The van der Waals surface area contributed by atoms with Gasteiger partial charge in [0.05, 0.1) is 18.8 Å². The van der Waals surface area contributed by atoms with Crippen molar-refractivity contribution >= 4 is 11.9 Å². The molecule has 4 nitrogen and oxygen atoms in total. The Balaban J connectivity index is 3.05. The smallest absolute Gasteiger partial charge is 0.334 e. The minimum atomic E-state index is -0.306. The Labute approximate surface area is 185 Å². The second-order valence-corrected chi connectivity index (χ2v) is 9.73. The molecule has 0 N–H and O–H groups in total. The quantitative estimate of drug-likeness (QED) is 0.172. The normalized spacial score (nSPS) is 16.0. The molecule has 0 spiro atoms. The molecule has 0 unspecified atom stereocenters. The van der Waals surface area contributed by atoms with E-state index in [1.165, 1.54) is 32.1 Å². The number of hydrogen-bond acceptors (Lipinski definition) is 4. The molecular formula is C26H46O4. The van der Waals surface area contributed by atoms with Crippen LogP contribution in [-0.4, -0.2) is 25.2 Å². The maximum atomic E-state index is 13.1. The minimum absolute atomic E-state index is 0.125. The van der Waals surface area contributed by atoms with Crippen LogP contribution >= 0.6 is 0 Å². The summed E-state index contributed by atoms with van der Waals surface area (Å²) < 4.78 is 11.2. The highest BCUT2D eigenvalue weighted by Gasteiger charge is 2.31. The van der Waals surface area contributed by atoms with Crippen LogP contribution in [-0.2, 0) is 19.1 Å². The second-order valence-electron chi connectivity index (χ2n) is 9.73. The van der Waals surface area contributed by atoms with Crippen LogP contribution < -0.4 is 0 Å². The second kappa shape index (κ2) is 15.5. The van der Waals surface area contributed by atoms with Gasteiger partial charge in [0.25, 0.3) is 0 Å². The fourth-order valence-corrected chi connectivity index (χ4v) is 4.01. The van der Waals surface area contributed by atoms with E-state index in [0.29, 0.717) is 30.8 Å². The van der Waals surface area contributed by atoms with Crippen LogP contribution in [0.5, 0.6) is 0 Å². The maximum Gasteiger partial charge on any atom is 0.334 e. The van der Waals surface area contributed by atoms with Gasteiger partial charge >= 0.3 is 11.9 Å². The fourth-order valence-electron chi connectivity index (χ4n) is 4.01. The summed E-state index contributed by atoms with van der Waals surface area (Å²) in [6, 6.07) is 0. The van der Waals surface area contributed by atoms with Crippen molar-refractivity contribution in [2.45, 2.75) is 112 Å². The highest BCUT2D eigenvalue weighted by atomic mass is 16.5. The lowest BCUT2D eigenvalue weighted by molar-refractivity contribution is -0.144. The van der Waals surface area contributed by atoms with E-state index in [2.05, 4.69) is 6.92 Å². The summed E-state index contributed by atoms with van der Waals surface area (Å²) in [6.07, 6.45) is 12.9. The number of unbranched alkanes of at least 4 members (excludes halogenated alkanes) is 5. The Hall–Kier alpha value is -1.32. The van der Waals surface area contributed by atoms with Gasteiger partial charge in [0, 0.05) is 5.57 Å². The zero-order valence-electron chi connectivity index (χ0n) is 20.3. The van der Waals surface area contributed by atoms with Gasteiger partial charge in [-0.25, -0.2) is 9.59 Å². The van der Waals surface area contributed by atoms with Crippen LogP contribution in [0.25, 0.3) is 0 Å². The lowest BCUT2D eigenvalue weighted by Crippen LogP contribution is -2.25. The van der Waals surface area contributed by atoms with Crippen molar-refractivity contribution in [2.24, 2.45) is 17.8 Å². The summed E-state index contributed by atoms with van der Waals surface area (Å²) in [6.45, 7) is 11.1. The standard InChI is InChI=1S/C26H46O4/c1-6-7-8-9-10-14-17-23(25(27)29-18-20(2)3)24(22-15-12-11-13-16-22)26(28)30-19-21(4)5/h20-22H,6-19H2,1-5H3. The Morgan fingerprint density at radius 2 is 1.30 bits per heavy atom. The van der Waals surface area contributed by atoms with E-state index in [0.717, 1.165) is 38.5 Å². The van der Waals surface area contributed by atoms with Crippen molar-refractivity contribution in [3.05, 3.63) is 11.1 Å². The molecule has 0 radical (unpaired) electrons. The van der Waals surface area contributed by atoms with Gasteiger partial charge in [-0.2, -0.15) is 0 Å². The zero-order chi connectivity index (χ0) is 22.4. The number of ether oxygens (including phenoxy) is 2. The van der Waals surface area contributed by atoms with Gasteiger partial charge in [0.15, 0.2) is 0 Å². The van der Waals surface area contributed by atoms with Gasteiger partial charge in [0.1, 0.15) is 0 Å². The SMILES string of the molecule is CCCCCCCCC(C(=O)OCC(C)C)=C(C(=O)OCC(C)C)C1CCCCC1. The molecule has 0 amide bonds. The summed E-state index contributed by atoms with van der Waals surface area (Å²) in [4.78, 5) is 26.2. The first kappa shape index (κ1) is 26.7. The molecule has 0 bridgehead atoms. The van der Waals surface area contributed by atoms with Gasteiger partial charge in [0.2, 0.25) is 0 Å². The largest absolute Gasteiger partial charge is 0.462 e. The van der Waals surface area contributed by atoms with E-state index in [1.54, 1.807) is 0 Å². The molecular weight excluding hydrogens is 376 g/mol. The number of carbonyl (C=O) groups is 2. The molecule has 0 aliphatic heterocycles. The minimum Gasteiger partial charge on any atom is -0.462 e. The Morgan fingerprint density at radius 3 is 1.87 bits per heavy atom. The monoisotopic (exact) mass is 422 g/mol.